The number of ether oxygens (including phenoxy) is 1. The lowest BCUT2D eigenvalue weighted by atomic mass is 10.1. The number of nitrogens with zero attached hydrogens (tertiary/aromatic N) is 3. The van der Waals surface area contributed by atoms with E-state index in [4.69, 9.17) is 4.74 Å². The van der Waals surface area contributed by atoms with Crippen LogP contribution >= 0.6 is 11.5 Å². The third kappa shape index (κ3) is 3.27. The van der Waals surface area contributed by atoms with Crippen LogP contribution in [0.1, 0.15) is 34.5 Å². The van der Waals surface area contributed by atoms with Crippen LogP contribution in [0.4, 0.5) is 0 Å². The molecule has 2 aromatic rings. The van der Waals surface area contributed by atoms with Crippen molar-refractivity contribution in [3.63, 3.8) is 0 Å². The number of benzene rings is 1. The van der Waals surface area contributed by atoms with Crippen LogP contribution in [0.2, 0.25) is 0 Å². The lowest BCUT2D eigenvalue weighted by molar-refractivity contribution is 0.0590. The molecule has 0 unspecified atom stereocenters. The summed E-state index contributed by atoms with van der Waals surface area (Å²) < 4.78 is 9.79. The van der Waals surface area contributed by atoms with Gasteiger partial charge in [0.1, 0.15) is 11.9 Å². The molecule has 2 heterocycles. The Bertz CT molecular complexity index is 649. The van der Waals surface area contributed by atoms with Crippen LogP contribution in [0, 0.1) is 13.8 Å². The first-order valence-corrected chi connectivity index (χ1v) is 8.27. The summed E-state index contributed by atoms with van der Waals surface area (Å²) in [5, 5.41) is 5.54. The zero-order valence-electron chi connectivity index (χ0n) is 12.8. The number of aryl methyl sites for hydroxylation is 2. The highest BCUT2D eigenvalue weighted by Gasteiger charge is 2.25. The molecule has 0 N–H and O–H groups in total. The molecule has 3 rings (SSSR count). The van der Waals surface area contributed by atoms with E-state index in [1.54, 1.807) is 5.38 Å². The zero-order chi connectivity index (χ0) is 15.5. The van der Waals surface area contributed by atoms with Crippen molar-refractivity contribution in [2.24, 2.45) is 0 Å². The number of amides is 1. The van der Waals surface area contributed by atoms with Crippen LogP contribution in [0.5, 0.6) is 5.75 Å². The van der Waals surface area contributed by atoms with Crippen LogP contribution < -0.4 is 4.74 Å². The van der Waals surface area contributed by atoms with Crippen molar-refractivity contribution in [1.82, 2.24) is 14.5 Å². The van der Waals surface area contributed by atoms with Crippen molar-refractivity contribution in [2.45, 2.75) is 32.8 Å². The molecular formula is C16H19N3O2S. The second kappa shape index (κ2) is 6.44. The van der Waals surface area contributed by atoms with Crippen molar-refractivity contribution >= 4 is 17.4 Å². The van der Waals surface area contributed by atoms with Crippen molar-refractivity contribution < 1.29 is 9.53 Å². The molecule has 0 aliphatic carbocycles. The van der Waals surface area contributed by atoms with E-state index in [0.717, 1.165) is 18.6 Å². The van der Waals surface area contributed by atoms with Crippen LogP contribution in [-0.2, 0) is 0 Å². The van der Waals surface area contributed by atoms with Gasteiger partial charge in [0.05, 0.1) is 0 Å². The number of likely N-dealkylation sites (tertiary alicyclic amines) is 1. The van der Waals surface area contributed by atoms with Crippen molar-refractivity contribution in [2.75, 3.05) is 13.1 Å². The Morgan fingerprint density at radius 1 is 1.27 bits per heavy atom. The van der Waals surface area contributed by atoms with Crippen LogP contribution in [0.3, 0.4) is 0 Å². The molecule has 0 bridgehead atoms. The quantitative estimate of drug-likeness (QED) is 0.873. The predicted octanol–water partition coefficient (Wildman–Crippen LogP) is 2.84. The second-order valence-electron chi connectivity index (χ2n) is 5.65. The molecule has 116 valence electrons. The van der Waals surface area contributed by atoms with Gasteiger partial charge in [-0.1, -0.05) is 10.6 Å². The fourth-order valence-corrected chi connectivity index (χ4v) is 3.01. The summed E-state index contributed by atoms with van der Waals surface area (Å²) in [5.74, 6) is 0.884. The summed E-state index contributed by atoms with van der Waals surface area (Å²) in [6, 6.07) is 6.17. The molecule has 1 saturated heterocycles. The first-order chi connectivity index (χ1) is 10.6. The Morgan fingerprint density at radius 2 is 2.05 bits per heavy atom. The first kappa shape index (κ1) is 15.0. The van der Waals surface area contributed by atoms with Crippen molar-refractivity contribution in [1.29, 1.82) is 0 Å². The maximum absolute atomic E-state index is 12.2. The number of piperidine rings is 1. The monoisotopic (exact) mass is 317 g/mol. The topological polar surface area (TPSA) is 55.3 Å². The molecule has 0 radical (unpaired) electrons. The zero-order valence-corrected chi connectivity index (χ0v) is 13.6. The summed E-state index contributed by atoms with van der Waals surface area (Å²) in [4.78, 5) is 14.0. The van der Waals surface area contributed by atoms with Crippen molar-refractivity contribution in [3.05, 3.63) is 40.4 Å². The second-order valence-corrected chi connectivity index (χ2v) is 6.26. The molecule has 1 aromatic carbocycles. The fraction of sp³-hybridized carbons (Fsp3) is 0.438. The maximum Gasteiger partial charge on any atom is 0.275 e. The third-order valence-electron chi connectivity index (χ3n) is 4.09. The summed E-state index contributed by atoms with van der Waals surface area (Å²) in [6.07, 6.45) is 1.85. The van der Waals surface area contributed by atoms with E-state index in [9.17, 15) is 4.79 Å². The first-order valence-electron chi connectivity index (χ1n) is 7.44. The molecule has 1 aliphatic rings. The van der Waals surface area contributed by atoms with Gasteiger partial charge in [-0.15, -0.1) is 5.10 Å². The largest absolute Gasteiger partial charge is 0.490 e. The van der Waals surface area contributed by atoms with E-state index in [2.05, 4.69) is 35.6 Å². The molecule has 1 amide bonds. The van der Waals surface area contributed by atoms with Gasteiger partial charge in [-0.3, -0.25) is 4.79 Å². The number of carbonyl (C=O) groups excluding carboxylic acids is 1. The van der Waals surface area contributed by atoms with Gasteiger partial charge in [0.15, 0.2) is 5.69 Å². The number of carbonyl (C=O) groups is 1. The van der Waals surface area contributed by atoms with Gasteiger partial charge in [-0.2, -0.15) is 0 Å². The Morgan fingerprint density at radius 3 is 2.68 bits per heavy atom. The molecular weight excluding hydrogens is 298 g/mol. The molecule has 5 nitrogen and oxygen atoms in total. The summed E-state index contributed by atoms with van der Waals surface area (Å²) in [5.41, 5.74) is 2.95. The third-order valence-corrected chi connectivity index (χ3v) is 4.59. The molecule has 6 heteroatoms. The maximum atomic E-state index is 12.2. The standard InChI is InChI=1S/C16H19N3O2S/c1-11-3-4-14(9-12(11)2)21-13-5-7-19(8-6-13)16(20)15-10-22-18-17-15/h3-4,9-10,13H,5-8H2,1-2H3. The molecule has 1 aromatic heterocycles. The average molecular weight is 317 g/mol. The van der Waals surface area contributed by atoms with Gasteiger partial charge in [-0.25, -0.2) is 0 Å². The summed E-state index contributed by atoms with van der Waals surface area (Å²) >= 11 is 1.20. The van der Waals surface area contributed by atoms with Gasteiger partial charge in [0, 0.05) is 31.3 Å². The number of hydrogen-bond donors (Lipinski definition) is 0. The summed E-state index contributed by atoms with van der Waals surface area (Å²) in [6.45, 7) is 5.58. The van der Waals surface area contributed by atoms with E-state index < -0.39 is 0 Å². The average Bonchev–Trinajstić information content (AvgIpc) is 3.05. The van der Waals surface area contributed by atoms with Crippen LogP contribution in [0.25, 0.3) is 0 Å². The molecule has 1 fully saturated rings. The lowest BCUT2D eigenvalue weighted by Crippen LogP contribution is -2.41. The minimum atomic E-state index is -0.0293. The fourth-order valence-electron chi connectivity index (χ4n) is 2.58. The van der Waals surface area contributed by atoms with Gasteiger partial charge >= 0.3 is 0 Å². The van der Waals surface area contributed by atoms with E-state index in [0.29, 0.717) is 18.8 Å². The highest BCUT2D eigenvalue weighted by molar-refractivity contribution is 7.03. The molecule has 0 atom stereocenters. The Labute approximate surface area is 134 Å². The van der Waals surface area contributed by atoms with Gasteiger partial charge in [-0.05, 0) is 48.6 Å². The van der Waals surface area contributed by atoms with Crippen LogP contribution in [-0.4, -0.2) is 39.6 Å². The highest BCUT2D eigenvalue weighted by Crippen LogP contribution is 2.22. The van der Waals surface area contributed by atoms with Crippen molar-refractivity contribution in [3.8, 4) is 5.75 Å². The SMILES string of the molecule is Cc1ccc(OC2CCN(C(=O)c3csnn3)CC2)cc1C. The van der Waals surface area contributed by atoms with Gasteiger partial charge in [0.25, 0.3) is 5.91 Å². The van der Waals surface area contributed by atoms with E-state index in [1.165, 1.54) is 22.7 Å². The van der Waals surface area contributed by atoms with E-state index in [1.807, 2.05) is 11.0 Å². The molecule has 0 spiro atoms. The Balaban J connectivity index is 1.55. The molecule has 1 aliphatic heterocycles. The van der Waals surface area contributed by atoms with E-state index in [-0.39, 0.29) is 12.0 Å². The summed E-state index contributed by atoms with van der Waals surface area (Å²) in [7, 11) is 0. The smallest absolute Gasteiger partial charge is 0.275 e. The minimum absolute atomic E-state index is 0.0293. The normalized spacial score (nSPS) is 15.8. The number of hydrogen-bond acceptors (Lipinski definition) is 5. The van der Waals surface area contributed by atoms with Gasteiger partial charge in [0.2, 0.25) is 0 Å². The van der Waals surface area contributed by atoms with E-state index >= 15 is 0 Å². The van der Waals surface area contributed by atoms with Gasteiger partial charge < -0.3 is 9.64 Å². The highest BCUT2D eigenvalue weighted by atomic mass is 32.1. The molecule has 0 saturated carbocycles. The Kier molecular flexibility index (Phi) is 4.38. The molecule has 22 heavy (non-hydrogen) atoms. The predicted molar refractivity (Wildman–Crippen MR) is 85.4 cm³/mol. The van der Waals surface area contributed by atoms with Crippen LogP contribution in [0.15, 0.2) is 23.6 Å². The number of rotatable bonds is 3. The minimum Gasteiger partial charge on any atom is -0.490 e. The number of aromatic nitrogens is 2. The lowest BCUT2D eigenvalue weighted by Gasteiger charge is -2.31. The Hall–Kier alpha value is -1.95.